The Morgan fingerprint density at radius 1 is 0.706 bits per heavy atom. The molecule has 9 unspecified atom stereocenters. The third-order valence-electron chi connectivity index (χ3n) is 11.0. The molecule has 4 aliphatic carbocycles. The summed E-state index contributed by atoms with van der Waals surface area (Å²) < 4.78 is 17.1. The average Bonchev–Trinajstić information content (AvgIpc) is 3.05. The monoisotopic (exact) mass is 481 g/mol. The van der Waals surface area contributed by atoms with Crippen LogP contribution in [0, 0.1) is 35.5 Å². The summed E-state index contributed by atoms with van der Waals surface area (Å²) in [6.07, 6.45) is 20.3. The number of hydrogen-bond donors (Lipinski definition) is 0. The molecule has 0 spiro atoms. The van der Waals surface area contributed by atoms with E-state index in [0.717, 1.165) is 35.5 Å². The van der Waals surface area contributed by atoms with Gasteiger partial charge in [0.2, 0.25) is 0 Å². The van der Waals surface area contributed by atoms with Gasteiger partial charge in [0.15, 0.2) is 0 Å². The van der Waals surface area contributed by atoms with E-state index in [1.807, 2.05) is 0 Å². The van der Waals surface area contributed by atoms with Gasteiger partial charge in [-0.2, -0.15) is 0 Å². The molecular formula is C30H44NO2P. The molecule has 1 saturated heterocycles. The zero-order valence-corrected chi connectivity index (χ0v) is 22.0. The Morgan fingerprint density at radius 3 is 1.94 bits per heavy atom. The van der Waals surface area contributed by atoms with E-state index < -0.39 is 8.53 Å². The Bertz CT molecular complexity index is 837. The van der Waals surface area contributed by atoms with Crippen molar-refractivity contribution in [1.29, 1.82) is 0 Å². The molecule has 0 aromatic heterocycles. The van der Waals surface area contributed by atoms with E-state index >= 15 is 0 Å². The number of rotatable bonds is 1. The van der Waals surface area contributed by atoms with Crippen LogP contribution in [0.25, 0.3) is 0 Å². The SMILES string of the molecule is CC1CCc2ccccc2N1P1OC2CCC3CCCCC3C2C2C(CCC3CCCCC32)O1. The molecule has 2 aliphatic heterocycles. The zero-order valence-electron chi connectivity index (χ0n) is 21.1. The van der Waals surface area contributed by atoms with E-state index in [1.54, 1.807) is 0 Å². The first-order valence-electron chi connectivity index (χ1n) is 14.8. The second kappa shape index (κ2) is 9.35. The third kappa shape index (κ3) is 3.79. The van der Waals surface area contributed by atoms with Gasteiger partial charge in [0, 0.05) is 11.7 Å². The highest BCUT2D eigenvalue weighted by molar-refractivity contribution is 7.49. The Hall–Kier alpha value is -0.630. The molecule has 4 saturated carbocycles. The predicted octanol–water partition coefficient (Wildman–Crippen LogP) is 8.27. The summed E-state index contributed by atoms with van der Waals surface area (Å²) in [7, 11) is -1.05. The van der Waals surface area contributed by atoms with Crippen LogP contribution in [0.3, 0.4) is 0 Å². The Balaban J connectivity index is 1.27. The third-order valence-corrected chi connectivity index (χ3v) is 12.8. The van der Waals surface area contributed by atoms with E-state index in [4.69, 9.17) is 9.05 Å². The van der Waals surface area contributed by atoms with Crippen molar-refractivity contribution in [2.24, 2.45) is 35.5 Å². The standard InChI is InChI=1S/C30H44NO2P/c1-20-14-15-23-10-4-7-13-26(23)31(20)34-32-27-18-16-21-8-2-5-11-24(21)29(27)30-25-12-6-3-9-22(25)17-19-28(30)33-34/h4,7,10,13,20-22,24-25,27-30H,2-3,5-6,8-9,11-12,14-19H2,1H3. The molecule has 5 fully saturated rings. The van der Waals surface area contributed by atoms with E-state index in [0.29, 0.717) is 18.2 Å². The summed E-state index contributed by atoms with van der Waals surface area (Å²) in [5.41, 5.74) is 2.87. The number of fused-ring (bicyclic) bond motifs is 8. The lowest BCUT2D eigenvalue weighted by Gasteiger charge is -2.53. The minimum Gasteiger partial charge on any atom is -0.314 e. The summed E-state index contributed by atoms with van der Waals surface area (Å²) in [4.78, 5) is 0. The number of nitrogens with zero attached hydrogens (tertiary/aromatic N) is 1. The van der Waals surface area contributed by atoms with E-state index in [-0.39, 0.29) is 0 Å². The molecule has 3 nitrogen and oxygen atoms in total. The van der Waals surface area contributed by atoms with Crippen LogP contribution in [-0.4, -0.2) is 18.2 Å². The molecular weight excluding hydrogens is 437 g/mol. The summed E-state index contributed by atoms with van der Waals surface area (Å²) in [6, 6.07) is 9.57. The van der Waals surface area contributed by atoms with Gasteiger partial charge in [-0.05, 0) is 105 Å². The highest BCUT2D eigenvalue weighted by atomic mass is 31.2. The summed E-state index contributed by atoms with van der Waals surface area (Å²) >= 11 is 0. The number of para-hydroxylation sites is 1. The second-order valence-corrected chi connectivity index (χ2v) is 13.9. The van der Waals surface area contributed by atoms with Gasteiger partial charge in [-0.15, -0.1) is 0 Å². The second-order valence-electron chi connectivity index (χ2n) is 12.6. The molecule has 186 valence electrons. The van der Waals surface area contributed by atoms with Crippen LogP contribution in [-0.2, 0) is 15.5 Å². The quantitative estimate of drug-likeness (QED) is 0.377. The first-order valence-corrected chi connectivity index (χ1v) is 15.9. The number of hydrogen-bond acceptors (Lipinski definition) is 3. The van der Waals surface area contributed by atoms with E-state index in [9.17, 15) is 0 Å². The Labute approximate surface area is 208 Å². The largest absolute Gasteiger partial charge is 0.314 e. The van der Waals surface area contributed by atoms with Crippen LogP contribution in [0.15, 0.2) is 24.3 Å². The maximum absolute atomic E-state index is 7.27. The van der Waals surface area contributed by atoms with E-state index in [2.05, 4.69) is 35.9 Å². The minimum absolute atomic E-state index is 0.419. The Kier molecular flexibility index (Phi) is 6.20. The number of benzene rings is 1. The highest BCUT2D eigenvalue weighted by Crippen LogP contribution is 2.64. The molecule has 1 aromatic carbocycles. The smallest absolute Gasteiger partial charge is 0.290 e. The van der Waals surface area contributed by atoms with Gasteiger partial charge in [0.1, 0.15) is 0 Å². The van der Waals surface area contributed by atoms with Crippen LogP contribution in [0.2, 0.25) is 0 Å². The van der Waals surface area contributed by atoms with Crippen molar-refractivity contribution in [2.75, 3.05) is 4.67 Å². The van der Waals surface area contributed by atoms with Crippen molar-refractivity contribution in [2.45, 2.75) is 115 Å². The molecule has 1 aromatic rings. The van der Waals surface area contributed by atoms with Crippen molar-refractivity contribution in [3.8, 4) is 0 Å². The molecule has 34 heavy (non-hydrogen) atoms. The molecule has 0 amide bonds. The maximum atomic E-state index is 7.27. The first-order chi connectivity index (χ1) is 16.8. The zero-order chi connectivity index (χ0) is 22.6. The van der Waals surface area contributed by atoms with Gasteiger partial charge in [-0.3, -0.25) is 0 Å². The first kappa shape index (κ1) is 22.6. The number of anilines is 1. The predicted molar refractivity (Wildman–Crippen MR) is 140 cm³/mol. The normalized spacial score (nSPS) is 46.2. The van der Waals surface area contributed by atoms with Gasteiger partial charge >= 0.3 is 0 Å². The molecule has 0 bridgehead atoms. The van der Waals surface area contributed by atoms with Gasteiger partial charge in [0.25, 0.3) is 8.53 Å². The molecule has 4 heteroatoms. The van der Waals surface area contributed by atoms with Crippen molar-refractivity contribution >= 4 is 14.2 Å². The molecule has 0 N–H and O–H groups in total. The fourth-order valence-electron chi connectivity index (χ4n) is 9.49. The number of aryl methyl sites for hydroxylation is 1. The highest BCUT2D eigenvalue weighted by Gasteiger charge is 2.56. The Morgan fingerprint density at radius 2 is 1.29 bits per heavy atom. The maximum Gasteiger partial charge on any atom is 0.290 e. The van der Waals surface area contributed by atoms with Crippen LogP contribution in [0.4, 0.5) is 5.69 Å². The lowest BCUT2D eigenvalue weighted by molar-refractivity contribution is -0.0856. The van der Waals surface area contributed by atoms with Crippen LogP contribution in [0.5, 0.6) is 0 Å². The van der Waals surface area contributed by atoms with Crippen molar-refractivity contribution in [3.05, 3.63) is 29.8 Å². The molecule has 9 atom stereocenters. The fraction of sp³-hybridized carbons (Fsp3) is 0.800. The summed E-state index contributed by atoms with van der Waals surface area (Å²) in [5, 5.41) is 0. The molecule has 2 heterocycles. The van der Waals surface area contributed by atoms with Gasteiger partial charge in [-0.1, -0.05) is 56.7 Å². The van der Waals surface area contributed by atoms with Gasteiger partial charge in [0.05, 0.1) is 12.2 Å². The van der Waals surface area contributed by atoms with Gasteiger partial charge in [-0.25, -0.2) is 0 Å². The minimum atomic E-state index is -1.05. The summed E-state index contributed by atoms with van der Waals surface area (Å²) in [5.74, 6) is 5.20. The lowest BCUT2D eigenvalue weighted by Crippen LogP contribution is -2.51. The van der Waals surface area contributed by atoms with Gasteiger partial charge < -0.3 is 13.7 Å². The van der Waals surface area contributed by atoms with Crippen LogP contribution < -0.4 is 4.67 Å². The van der Waals surface area contributed by atoms with Crippen LogP contribution in [0.1, 0.15) is 96.0 Å². The van der Waals surface area contributed by atoms with E-state index in [1.165, 1.54) is 101 Å². The molecule has 0 radical (unpaired) electrons. The van der Waals surface area contributed by atoms with Crippen molar-refractivity contribution < 1.29 is 9.05 Å². The van der Waals surface area contributed by atoms with Crippen molar-refractivity contribution in [1.82, 2.24) is 0 Å². The fourth-order valence-corrected chi connectivity index (χ4v) is 11.5. The van der Waals surface area contributed by atoms with Crippen LogP contribution >= 0.6 is 8.53 Å². The van der Waals surface area contributed by atoms with Crippen molar-refractivity contribution in [3.63, 3.8) is 0 Å². The summed E-state index contributed by atoms with van der Waals surface area (Å²) in [6.45, 7) is 2.40. The topological polar surface area (TPSA) is 21.7 Å². The molecule has 7 rings (SSSR count). The molecule has 6 aliphatic rings. The lowest BCUT2D eigenvalue weighted by atomic mass is 9.53. The average molecular weight is 482 g/mol.